The Kier molecular flexibility index (Phi) is 5.86. The van der Waals surface area contributed by atoms with Gasteiger partial charge in [0, 0.05) is 49.4 Å². The van der Waals surface area contributed by atoms with Gasteiger partial charge in [-0.1, -0.05) is 26.0 Å². The Morgan fingerprint density at radius 1 is 1.12 bits per heavy atom. The van der Waals surface area contributed by atoms with Crippen molar-refractivity contribution in [3.63, 3.8) is 0 Å². The topological polar surface area (TPSA) is 69.7 Å². The summed E-state index contributed by atoms with van der Waals surface area (Å²) in [6.07, 6.45) is 2.24. The van der Waals surface area contributed by atoms with Crippen molar-refractivity contribution >= 4 is 46.3 Å². The molecule has 0 unspecified atom stereocenters. The monoisotopic (exact) mass is 463 g/mol. The minimum Gasteiger partial charge on any atom is -0.377 e. The van der Waals surface area contributed by atoms with Crippen molar-refractivity contribution in [1.82, 2.24) is 5.32 Å². The normalized spacial score (nSPS) is 18.5. The predicted molar refractivity (Wildman–Crippen MR) is 136 cm³/mol. The number of hydrogen-bond acceptors (Lipinski definition) is 5. The number of nitrogens with one attached hydrogen (secondary N) is 1. The molecule has 172 valence electrons. The van der Waals surface area contributed by atoms with Gasteiger partial charge in [-0.2, -0.15) is 0 Å². The van der Waals surface area contributed by atoms with Crippen molar-refractivity contribution < 1.29 is 14.4 Å². The van der Waals surface area contributed by atoms with E-state index in [-0.39, 0.29) is 22.5 Å². The van der Waals surface area contributed by atoms with E-state index in [1.54, 1.807) is 6.08 Å². The smallest absolute Gasteiger partial charge is 0.290 e. The van der Waals surface area contributed by atoms with Crippen LogP contribution in [-0.4, -0.2) is 37.7 Å². The highest BCUT2D eigenvalue weighted by molar-refractivity contribution is 8.18. The first-order chi connectivity index (χ1) is 15.5. The Labute approximate surface area is 199 Å². The Morgan fingerprint density at radius 2 is 1.85 bits per heavy atom. The third-order valence-electron chi connectivity index (χ3n) is 6.31. The van der Waals surface area contributed by atoms with E-state index in [4.69, 9.17) is 0 Å². The molecule has 0 bridgehead atoms. The first-order valence-corrected chi connectivity index (χ1v) is 11.9. The zero-order valence-electron chi connectivity index (χ0n) is 19.9. The molecule has 0 spiro atoms. The van der Waals surface area contributed by atoms with Gasteiger partial charge in [0.05, 0.1) is 4.91 Å². The van der Waals surface area contributed by atoms with Gasteiger partial charge in [0.1, 0.15) is 0 Å². The van der Waals surface area contributed by atoms with E-state index in [2.05, 4.69) is 43.1 Å². The van der Waals surface area contributed by atoms with Crippen LogP contribution in [0.3, 0.4) is 0 Å². The molecule has 33 heavy (non-hydrogen) atoms. The van der Waals surface area contributed by atoms with Crippen LogP contribution in [0.5, 0.6) is 0 Å². The van der Waals surface area contributed by atoms with Crippen molar-refractivity contribution in [3.05, 3.63) is 51.9 Å². The number of aryl methyl sites for hydroxylation is 1. The molecule has 2 aliphatic rings. The van der Waals surface area contributed by atoms with Gasteiger partial charge in [0.25, 0.3) is 11.1 Å². The maximum Gasteiger partial charge on any atom is 0.290 e. The van der Waals surface area contributed by atoms with Crippen LogP contribution in [0, 0.1) is 6.92 Å². The fraction of sp³-hybridized carbons (Fsp3) is 0.346. The predicted octanol–water partition coefficient (Wildman–Crippen LogP) is 5.09. The average Bonchev–Trinajstić information content (AvgIpc) is 3.04. The highest BCUT2D eigenvalue weighted by Crippen LogP contribution is 2.45. The van der Waals surface area contributed by atoms with Crippen molar-refractivity contribution in [2.75, 3.05) is 30.4 Å². The molecule has 2 aromatic rings. The summed E-state index contributed by atoms with van der Waals surface area (Å²) in [6, 6.07) is 10.4. The quantitative estimate of drug-likeness (QED) is 0.640. The van der Waals surface area contributed by atoms with Crippen LogP contribution in [-0.2, 0) is 15.0 Å². The Balaban J connectivity index is 1.90. The number of fused-ring (bicyclic) bond motifs is 1. The maximum atomic E-state index is 12.9. The van der Waals surface area contributed by atoms with E-state index >= 15 is 0 Å². The highest BCUT2D eigenvalue weighted by Gasteiger charge is 2.36. The van der Waals surface area contributed by atoms with Crippen LogP contribution in [0.15, 0.2) is 35.2 Å². The number of imide groups is 1. The zero-order chi connectivity index (χ0) is 24.1. The lowest BCUT2D eigenvalue weighted by Gasteiger charge is -2.39. The summed E-state index contributed by atoms with van der Waals surface area (Å²) in [4.78, 5) is 40.8. The SMILES string of the molecule is CCN1C(=O)CC(C)(C)c2cc(C)c(-c3cc(/C=C4\SC(=O)NC4=O)ccc3N(C)C)cc21. The number of benzene rings is 2. The Hall–Kier alpha value is -3.06. The summed E-state index contributed by atoms with van der Waals surface area (Å²) >= 11 is 0.913. The molecule has 0 saturated carbocycles. The second-order valence-corrected chi connectivity index (χ2v) is 10.4. The van der Waals surface area contributed by atoms with E-state index in [0.717, 1.165) is 45.4 Å². The second kappa shape index (κ2) is 8.37. The fourth-order valence-corrected chi connectivity index (χ4v) is 5.31. The van der Waals surface area contributed by atoms with Crippen molar-refractivity contribution in [3.8, 4) is 11.1 Å². The summed E-state index contributed by atoms with van der Waals surface area (Å²) in [5.74, 6) is -0.224. The zero-order valence-corrected chi connectivity index (χ0v) is 20.7. The van der Waals surface area contributed by atoms with Gasteiger partial charge in [-0.25, -0.2) is 0 Å². The van der Waals surface area contributed by atoms with Crippen LogP contribution in [0.1, 0.15) is 43.9 Å². The van der Waals surface area contributed by atoms with Crippen LogP contribution in [0.2, 0.25) is 0 Å². The van der Waals surface area contributed by atoms with E-state index in [1.165, 1.54) is 5.56 Å². The van der Waals surface area contributed by atoms with E-state index < -0.39 is 0 Å². The lowest BCUT2D eigenvalue weighted by Crippen LogP contribution is -2.41. The van der Waals surface area contributed by atoms with Gasteiger partial charge in [0.15, 0.2) is 0 Å². The molecule has 6 nitrogen and oxygen atoms in total. The minimum absolute atomic E-state index is 0.144. The minimum atomic E-state index is -0.368. The summed E-state index contributed by atoms with van der Waals surface area (Å²) < 4.78 is 0. The fourth-order valence-electron chi connectivity index (χ4n) is 4.62. The lowest BCUT2D eigenvalue weighted by molar-refractivity contribution is -0.120. The summed E-state index contributed by atoms with van der Waals surface area (Å²) in [6.45, 7) is 8.97. The molecule has 1 N–H and O–H groups in total. The molecule has 2 aromatic carbocycles. The van der Waals surface area contributed by atoms with E-state index in [1.807, 2.05) is 44.1 Å². The number of amides is 3. The molecule has 0 aromatic heterocycles. The number of carbonyl (C=O) groups is 3. The molecule has 0 atom stereocenters. The largest absolute Gasteiger partial charge is 0.377 e. The molecule has 4 rings (SSSR count). The molecule has 0 aliphatic carbocycles. The van der Waals surface area contributed by atoms with Crippen molar-refractivity contribution in [2.45, 2.75) is 39.5 Å². The summed E-state index contributed by atoms with van der Waals surface area (Å²) in [5, 5.41) is 1.95. The third kappa shape index (κ3) is 4.17. The van der Waals surface area contributed by atoms with Crippen LogP contribution < -0.4 is 15.1 Å². The van der Waals surface area contributed by atoms with Gasteiger partial charge >= 0.3 is 0 Å². The third-order valence-corrected chi connectivity index (χ3v) is 7.12. The van der Waals surface area contributed by atoms with Crippen LogP contribution in [0.25, 0.3) is 17.2 Å². The highest BCUT2D eigenvalue weighted by atomic mass is 32.2. The molecule has 2 aliphatic heterocycles. The van der Waals surface area contributed by atoms with Gasteiger partial charge in [-0.15, -0.1) is 0 Å². The molecule has 3 amide bonds. The molecular formula is C26H29N3O3S. The number of nitrogens with zero attached hydrogens (tertiary/aromatic N) is 2. The molecule has 1 fully saturated rings. The van der Waals surface area contributed by atoms with E-state index in [0.29, 0.717) is 17.9 Å². The summed E-state index contributed by atoms with van der Waals surface area (Å²) in [5.41, 5.74) is 6.97. The molecule has 0 radical (unpaired) electrons. The second-order valence-electron chi connectivity index (χ2n) is 9.41. The first kappa shape index (κ1) is 23.1. The number of hydrogen-bond donors (Lipinski definition) is 1. The van der Waals surface area contributed by atoms with Gasteiger partial charge in [-0.05, 0) is 72.1 Å². The Bertz CT molecular complexity index is 1210. The van der Waals surface area contributed by atoms with Gasteiger partial charge in [0.2, 0.25) is 5.91 Å². The molecule has 7 heteroatoms. The first-order valence-electron chi connectivity index (χ1n) is 11.0. The number of rotatable bonds is 4. The number of carbonyl (C=O) groups excluding carboxylic acids is 3. The number of thioether (sulfide) groups is 1. The lowest BCUT2D eigenvalue weighted by atomic mass is 9.75. The average molecular weight is 464 g/mol. The molecular weight excluding hydrogens is 434 g/mol. The van der Waals surface area contributed by atoms with Gasteiger partial charge in [-0.3, -0.25) is 19.7 Å². The van der Waals surface area contributed by atoms with Crippen LogP contribution in [0.4, 0.5) is 16.2 Å². The number of anilines is 2. The standard InChI is InChI=1S/C26H29N3O3S/c1-7-29-21-13-17(15(2)10-19(21)26(3,4)14-23(29)30)18-11-16(8-9-20(18)28(5)6)12-22-24(31)27-25(32)33-22/h8-13H,7,14H2,1-6H3,(H,27,31,32)/b22-12-. The van der Waals surface area contributed by atoms with Crippen molar-refractivity contribution in [2.24, 2.45) is 0 Å². The summed E-state index contributed by atoms with van der Waals surface area (Å²) in [7, 11) is 3.99. The molecule has 1 saturated heterocycles. The molecule has 2 heterocycles. The van der Waals surface area contributed by atoms with E-state index in [9.17, 15) is 14.4 Å². The Morgan fingerprint density at radius 3 is 2.45 bits per heavy atom. The van der Waals surface area contributed by atoms with Crippen molar-refractivity contribution in [1.29, 1.82) is 0 Å². The maximum absolute atomic E-state index is 12.9. The van der Waals surface area contributed by atoms with Gasteiger partial charge < -0.3 is 9.80 Å². The van der Waals surface area contributed by atoms with Crippen LogP contribution >= 0.6 is 11.8 Å².